The van der Waals surface area contributed by atoms with E-state index in [1.165, 1.54) is 0 Å². The van der Waals surface area contributed by atoms with Gasteiger partial charge in [0.15, 0.2) is 0 Å². The maximum atomic E-state index is 11.5. The van der Waals surface area contributed by atoms with Crippen LogP contribution in [0, 0.1) is 11.3 Å². The molecule has 4 heteroatoms. The highest BCUT2D eigenvalue weighted by Crippen LogP contribution is 1.99. The van der Waals surface area contributed by atoms with Crippen molar-refractivity contribution in [1.29, 1.82) is 5.26 Å². The van der Waals surface area contributed by atoms with E-state index in [1.807, 2.05) is 6.92 Å². The van der Waals surface area contributed by atoms with Gasteiger partial charge in [0, 0.05) is 13.1 Å². The molecule has 0 saturated carbocycles. The Hall–Kier alpha value is -1.08. The van der Waals surface area contributed by atoms with Gasteiger partial charge in [-0.25, -0.2) is 0 Å². The van der Waals surface area contributed by atoms with E-state index in [0.29, 0.717) is 13.0 Å². The van der Waals surface area contributed by atoms with Gasteiger partial charge >= 0.3 is 0 Å². The lowest BCUT2D eigenvalue weighted by atomic mass is 10.2. The number of nitrogens with one attached hydrogen (secondary N) is 1. The maximum absolute atomic E-state index is 11.5. The summed E-state index contributed by atoms with van der Waals surface area (Å²) < 4.78 is 0. The molecule has 0 bridgehead atoms. The fourth-order valence-corrected chi connectivity index (χ4v) is 1.01. The molecule has 0 saturated heterocycles. The topological polar surface area (TPSA) is 56.1 Å². The highest BCUT2D eigenvalue weighted by atomic mass is 16.2. The fourth-order valence-electron chi connectivity index (χ4n) is 1.01. The second-order valence-corrected chi connectivity index (χ2v) is 3.39. The average Bonchev–Trinajstić information content (AvgIpc) is 2.17. The zero-order chi connectivity index (χ0) is 11.0. The van der Waals surface area contributed by atoms with Crippen molar-refractivity contribution in [2.75, 3.05) is 20.1 Å². The van der Waals surface area contributed by atoms with Gasteiger partial charge in [0.2, 0.25) is 5.91 Å². The summed E-state index contributed by atoms with van der Waals surface area (Å²) in [5.74, 6) is 0.0428. The van der Waals surface area contributed by atoms with Gasteiger partial charge in [-0.2, -0.15) is 5.26 Å². The Bertz CT molecular complexity index is 210. The quantitative estimate of drug-likeness (QED) is 0.639. The van der Waals surface area contributed by atoms with E-state index in [1.54, 1.807) is 11.9 Å². The van der Waals surface area contributed by atoms with E-state index in [0.717, 1.165) is 13.0 Å². The Kier molecular flexibility index (Phi) is 6.77. The molecule has 0 fully saturated rings. The number of hydrogen-bond acceptors (Lipinski definition) is 3. The highest BCUT2D eigenvalue weighted by molar-refractivity contribution is 5.78. The predicted octanol–water partition coefficient (Wildman–Crippen LogP) is 0.747. The van der Waals surface area contributed by atoms with Crippen LogP contribution in [0.2, 0.25) is 0 Å². The summed E-state index contributed by atoms with van der Waals surface area (Å²) in [6.07, 6.45) is 1.40. The van der Waals surface area contributed by atoms with Crippen LogP contribution in [-0.2, 0) is 4.79 Å². The molecule has 0 rings (SSSR count). The van der Waals surface area contributed by atoms with Crippen LogP contribution < -0.4 is 5.32 Å². The van der Waals surface area contributed by atoms with Crippen LogP contribution in [0.4, 0.5) is 0 Å². The van der Waals surface area contributed by atoms with Gasteiger partial charge < -0.3 is 10.2 Å². The SMILES string of the molecule is CCCNCC(=O)N(C)C(C)CC#N. The Balaban J connectivity index is 3.81. The van der Waals surface area contributed by atoms with Crippen molar-refractivity contribution in [2.24, 2.45) is 0 Å². The van der Waals surface area contributed by atoms with Crippen molar-refractivity contribution in [3.8, 4) is 6.07 Å². The van der Waals surface area contributed by atoms with Crippen molar-refractivity contribution >= 4 is 5.91 Å². The van der Waals surface area contributed by atoms with Gasteiger partial charge in [-0.15, -0.1) is 0 Å². The van der Waals surface area contributed by atoms with Crippen molar-refractivity contribution in [3.05, 3.63) is 0 Å². The Morgan fingerprint density at radius 3 is 2.79 bits per heavy atom. The minimum absolute atomic E-state index is 0.00377. The molecule has 0 radical (unpaired) electrons. The molecule has 0 aromatic rings. The molecule has 0 aliphatic carbocycles. The van der Waals surface area contributed by atoms with Crippen molar-refractivity contribution in [3.63, 3.8) is 0 Å². The minimum Gasteiger partial charge on any atom is -0.341 e. The summed E-state index contributed by atoms with van der Waals surface area (Å²) >= 11 is 0. The first-order valence-electron chi connectivity index (χ1n) is 4.96. The molecule has 0 aromatic carbocycles. The molecule has 4 nitrogen and oxygen atoms in total. The number of likely N-dealkylation sites (N-methyl/N-ethyl adjacent to an activating group) is 1. The number of nitriles is 1. The van der Waals surface area contributed by atoms with Gasteiger partial charge in [-0.1, -0.05) is 6.92 Å². The van der Waals surface area contributed by atoms with Gasteiger partial charge in [0.05, 0.1) is 19.0 Å². The lowest BCUT2D eigenvalue weighted by Crippen LogP contribution is -2.40. The van der Waals surface area contributed by atoms with Gasteiger partial charge in [-0.05, 0) is 19.9 Å². The third-order valence-electron chi connectivity index (χ3n) is 2.14. The van der Waals surface area contributed by atoms with Gasteiger partial charge in [0.1, 0.15) is 0 Å². The van der Waals surface area contributed by atoms with Crippen LogP contribution in [0.1, 0.15) is 26.7 Å². The van der Waals surface area contributed by atoms with Crippen molar-refractivity contribution in [2.45, 2.75) is 32.7 Å². The lowest BCUT2D eigenvalue weighted by Gasteiger charge is -2.23. The van der Waals surface area contributed by atoms with E-state index in [9.17, 15) is 4.79 Å². The molecular weight excluding hydrogens is 178 g/mol. The fraction of sp³-hybridized carbons (Fsp3) is 0.800. The second kappa shape index (κ2) is 7.34. The molecule has 0 spiro atoms. The summed E-state index contributed by atoms with van der Waals surface area (Å²) in [7, 11) is 1.73. The molecule has 1 unspecified atom stereocenters. The average molecular weight is 197 g/mol. The molecule has 80 valence electrons. The van der Waals surface area contributed by atoms with Crippen LogP contribution >= 0.6 is 0 Å². The first-order chi connectivity index (χ1) is 6.63. The molecule has 0 heterocycles. The predicted molar refractivity (Wildman–Crippen MR) is 55.6 cm³/mol. The van der Waals surface area contributed by atoms with Crippen LogP contribution in [0.3, 0.4) is 0 Å². The van der Waals surface area contributed by atoms with Gasteiger partial charge in [-0.3, -0.25) is 4.79 Å². The van der Waals surface area contributed by atoms with E-state index < -0.39 is 0 Å². The zero-order valence-electron chi connectivity index (χ0n) is 9.21. The van der Waals surface area contributed by atoms with Crippen LogP contribution in [0.15, 0.2) is 0 Å². The second-order valence-electron chi connectivity index (χ2n) is 3.39. The number of rotatable bonds is 6. The molecule has 0 aromatic heterocycles. The van der Waals surface area contributed by atoms with Crippen molar-refractivity contribution < 1.29 is 4.79 Å². The minimum atomic E-state index is -0.00377. The first kappa shape index (κ1) is 12.9. The lowest BCUT2D eigenvalue weighted by molar-refractivity contribution is -0.130. The molecule has 1 amide bonds. The third-order valence-corrected chi connectivity index (χ3v) is 2.14. The van der Waals surface area contributed by atoms with E-state index in [4.69, 9.17) is 5.26 Å². The normalized spacial score (nSPS) is 11.9. The van der Waals surface area contributed by atoms with Crippen LogP contribution in [0.25, 0.3) is 0 Å². The van der Waals surface area contributed by atoms with E-state index >= 15 is 0 Å². The largest absolute Gasteiger partial charge is 0.341 e. The number of nitrogens with zero attached hydrogens (tertiary/aromatic N) is 2. The standard InChI is InChI=1S/C10H19N3O/c1-4-7-12-8-10(14)13(3)9(2)5-6-11/h9,12H,4-5,7-8H2,1-3H3. The third kappa shape index (κ3) is 4.83. The number of hydrogen-bond donors (Lipinski definition) is 1. The molecular formula is C10H19N3O. The molecule has 1 atom stereocenters. The van der Waals surface area contributed by atoms with Crippen LogP contribution in [0.5, 0.6) is 0 Å². The smallest absolute Gasteiger partial charge is 0.236 e. The highest BCUT2D eigenvalue weighted by Gasteiger charge is 2.14. The van der Waals surface area contributed by atoms with Crippen molar-refractivity contribution in [1.82, 2.24) is 10.2 Å². The monoisotopic (exact) mass is 197 g/mol. The Labute approximate surface area is 85.9 Å². The summed E-state index contributed by atoms with van der Waals surface area (Å²) in [6.45, 7) is 5.15. The molecule has 0 aliphatic heterocycles. The maximum Gasteiger partial charge on any atom is 0.236 e. The summed E-state index contributed by atoms with van der Waals surface area (Å²) in [6, 6.07) is 2.05. The van der Waals surface area contributed by atoms with E-state index in [2.05, 4.69) is 18.3 Å². The zero-order valence-corrected chi connectivity index (χ0v) is 9.21. The summed E-state index contributed by atoms with van der Waals surface area (Å²) in [4.78, 5) is 13.1. The summed E-state index contributed by atoms with van der Waals surface area (Å²) in [5.41, 5.74) is 0. The van der Waals surface area contributed by atoms with Gasteiger partial charge in [0.25, 0.3) is 0 Å². The number of carbonyl (C=O) groups excluding carboxylic acids is 1. The first-order valence-corrected chi connectivity index (χ1v) is 4.96. The van der Waals surface area contributed by atoms with Crippen LogP contribution in [-0.4, -0.2) is 37.0 Å². The Morgan fingerprint density at radius 2 is 2.29 bits per heavy atom. The molecule has 14 heavy (non-hydrogen) atoms. The summed E-state index contributed by atoms with van der Waals surface area (Å²) in [5, 5.41) is 11.5. The molecule has 1 N–H and O–H groups in total. The number of carbonyl (C=O) groups is 1. The Morgan fingerprint density at radius 1 is 1.64 bits per heavy atom. The number of amides is 1. The van der Waals surface area contributed by atoms with E-state index in [-0.39, 0.29) is 11.9 Å². The molecule has 0 aliphatic rings.